The van der Waals surface area contributed by atoms with Crippen LogP contribution in [0.1, 0.15) is 20.3 Å². The first kappa shape index (κ1) is 22.9. The summed E-state index contributed by atoms with van der Waals surface area (Å²) in [5.41, 5.74) is 9.57. The first-order valence-corrected chi connectivity index (χ1v) is 9.21. The highest BCUT2D eigenvalue weighted by atomic mass is 35.5. The molecule has 0 saturated carbocycles. The number of rotatable bonds is 6. The SMILES string of the molecule is CC(C)(CC(=O)O)NS(=O)(=O)c1ccc2c(Cl)cnc(N=C(N)N)c2c1.Cl. The van der Waals surface area contributed by atoms with E-state index in [-0.39, 0.29) is 35.5 Å². The van der Waals surface area contributed by atoms with E-state index in [0.717, 1.165) is 0 Å². The average Bonchev–Trinajstić information content (AvgIpc) is 2.47. The van der Waals surface area contributed by atoms with Crippen LogP contribution in [0.2, 0.25) is 5.02 Å². The van der Waals surface area contributed by atoms with Crippen molar-refractivity contribution in [2.24, 2.45) is 16.5 Å². The standard InChI is InChI=1S/C15H18ClN5O4S.ClH/c1-15(2,6-12(22)23)21-26(24,25)8-3-4-9-10(5-8)13(20-14(17)18)19-7-11(9)16;/h3-5,7,21H,6H2,1-2H3,(H,22,23)(H4,17,18,19,20);1H. The predicted octanol–water partition coefficient (Wildman–Crippen LogP) is 1.75. The minimum atomic E-state index is -4.01. The van der Waals surface area contributed by atoms with Crippen LogP contribution < -0.4 is 16.2 Å². The lowest BCUT2D eigenvalue weighted by molar-refractivity contribution is -0.138. The number of halogens is 2. The molecule has 0 spiro atoms. The van der Waals surface area contributed by atoms with Crippen LogP contribution in [0.25, 0.3) is 10.8 Å². The summed E-state index contributed by atoms with van der Waals surface area (Å²) in [6.45, 7) is 2.95. The highest BCUT2D eigenvalue weighted by Gasteiger charge is 2.29. The van der Waals surface area contributed by atoms with Gasteiger partial charge in [-0.15, -0.1) is 12.4 Å². The molecule has 2 rings (SSSR count). The molecule has 148 valence electrons. The molecule has 0 aliphatic heterocycles. The second-order valence-corrected chi connectivity index (χ2v) is 8.32. The number of aromatic nitrogens is 1. The highest BCUT2D eigenvalue weighted by Crippen LogP contribution is 2.31. The van der Waals surface area contributed by atoms with Crippen molar-refractivity contribution < 1.29 is 18.3 Å². The Morgan fingerprint density at radius 3 is 2.52 bits per heavy atom. The summed E-state index contributed by atoms with van der Waals surface area (Å²) >= 11 is 6.09. The maximum Gasteiger partial charge on any atom is 0.305 e. The number of nitrogens with two attached hydrogens (primary N) is 2. The molecule has 2 aromatic rings. The lowest BCUT2D eigenvalue weighted by atomic mass is 10.0. The zero-order valence-corrected chi connectivity index (χ0v) is 16.8. The van der Waals surface area contributed by atoms with Gasteiger partial charge in [0.05, 0.1) is 16.3 Å². The molecule has 0 amide bonds. The van der Waals surface area contributed by atoms with E-state index in [4.69, 9.17) is 28.2 Å². The maximum absolute atomic E-state index is 12.6. The number of sulfonamides is 1. The molecule has 27 heavy (non-hydrogen) atoms. The van der Waals surface area contributed by atoms with E-state index in [1.54, 1.807) is 0 Å². The molecule has 0 radical (unpaired) electrons. The Morgan fingerprint density at radius 1 is 1.33 bits per heavy atom. The van der Waals surface area contributed by atoms with Crippen molar-refractivity contribution in [3.63, 3.8) is 0 Å². The molecule has 0 aliphatic rings. The van der Waals surface area contributed by atoms with Gasteiger partial charge >= 0.3 is 5.97 Å². The number of carboxylic acid groups (broad SMARTS) is 1. The smallest absolute Gasteiger partial charge is 0.305 e. The second-order valence-electron chi connectivity index (χ2n) is 6.23. The summed E-state index contributed by atoms with van der Waals surface area (Å²) in [5.74, 6) is -1.25. The van der Waals surface area contributed by atoms with Crippen LogP contribution in [0.3, 0.4) is 0 Å². The number of nitrogens with zero attached hydrogens (tertiary/aromatic N) is 2. The summed E-state index contributed by atoms with van der Waals surface area (Å²) < 4.78 is 27.7. The fourth-order valence-electron chi connectivity index (χ4n) is 2.39. The number of aliphatic carboxylic acids is 1. The number of fused-ring (bicyclic) bond motifs is 1. The number of hydrogen-bond acceptors (Lipinski definition) is 5. The normalized spacial score (nSPS) is 11.7. The van der Waals surface area contributed by atoms with Crippen LogP contribution in [-0.4, -0.2) is 36.0 Å². The molecule has 0 fully saturated rings. The van der Waals surface area contributed by atoms with Crippen molar-refractivity contribution in [3.05, 3.63) is 29.4 Å². The predicted molar refractivity (Wildman–Crippen MR) is 106 cm³/mol. The molecule has 0 bridgehead atoms. The van der Waals surface area contributed by atoms with Gasteiger partial charge in [0.2, 0.25) is 10.0 Å². The molecular weight excluding hydrogens is 417 g/mol. The molecule has 0 aliphatic carbocycles. The minimum absolute atomic E-state index is 0. The van der Waals surface area contributed by atoms with E-state index in [0.29, 0.717) is 15.8 Å². The third kappa shape index (κ3) is 5.67. The van der Waals surface area contributed by atoms with E-state index >= 15 is 0 Å². The molecule has 1 aromatic carbocycles. The van der Waals surface area contributed by atoms with E-state index in [2.05, 4.69) is 14.7 Å². The van der Waals surface area contributed by atoms with E-state index in [1.165, 1.54) is 38.2 Å². The summed E-state index contributed by atoms with van der Waals surface area (Å²) in [6, 6.07) is 4.19. The van der Waals surface area contributed by atoms with Gasteiger partial charge in [0.1, 0.15) is 0 Å². The van der Waals surface area contributed by atoms with Crippen molar-refractivity contribution in [2.45, 2.75) is 30.7 Å². The largest absolute Gasteiger partial charge is 0.481 e. The molecule has 12 heteroatoms. The minimum Gasteiger partial charge on any atom is -0.481 e. The van der Waals surface area contributed by atoms with Gasteiger partial charge < -0.3 is 16.6 Å². The lowest BCUT2D eigenvalue weighted by Crippen LogP contribution is -2.44. The van der Waals surface area contributed by atoms with Crippen molar-refractivity contribution >= 4 is 62.6 Å². The van der Waals surface area contributed by atoms with Gasteiger partial charge in [-0.05, 0) is 26.0 Å². The number of carboxylic acids is 1. The Labute approximate surface area is 167 Å². The van der Waals surface area contributed by atoms with Crippen LogP contribution >= 0.6 is 24.0 Å². The second kappa shape index (κ2) is 8.26. The third-order valence-electron chi connectivity index (χ3n) is 3.34. The number of guanidine groups is 1. The molecule has 6 N–H and O–H groups in total. The van der Waals surface area contributed by atoms with Gasteiger partial charge in [-0.1, -0.05) is 17.7 Å². The van der Waals surface area contributed by atoms with Crippen molar-refractivity contribution in [1.29, 1.82) is 0 Å². The van der Waals surface area contributed by atoms with Crippen molar-refractivity contribution in [3.8, 4) is 0 Å². The van der Waals surface area contributed by atoms with Crippen LogP contribution in [0.15, 0.2) is 34.3 Å². The number of aliphatic imine (C=N–C) groups is 1. The monoisotopic (exact) mass is 435 g/mol. The first-order chi connectivity index (χ1) is 11.9. The Bertz CT molecular complexity index is 1000. The first-order valence-electron chi connectivity index (χ1n) is 7.35. The van der Waals surface area contributed by atoms with Crippen molar-refractivity contribution in [2.75, 3.05) is 0 Å². The number of carbonyl (C=O) groups is 1. The Kier molecular flexibility index (Phi) is 7.00. The summed E-state index contributed by atoms with van der Waals surface area (Å²) in [7, 11) is -4.01. The summed E-state index contributed by atoms with van der Waals surface area (Å²) in [5, 5.41) is 10.1. The number of pyridine rings is 1. The van der Waals surface area contributed by atoms with Gasteiger partial charge in [-0.2, -0.15) is 4.99 Å². The fourth-order valence-corrected chi connectivity index (χ4v) is 4.04. The lowest BCUT2D eigenvalue weighted by Gasteiger charge is -2.24. The number of hydrogen-bond donors (Lipinski definition) is 4. The molecular formula is C15H19Cl2N5O4S. The topological polar surface area (TPSA) is 161 Å². The fraction of sp³-hybridized carbons (Fsp3) is 0.267. The Morgan fingerprint density at radius 2 is 1.96 bits per heavy atom. The van der Waals surface area contributed by atoms with E-state index in [9.17, 15) is 13.2 Å². The molecule has 0 unspecified atom stereocenters. The quantitative estimate of drug-likeness (QED) is 0.396. The van der Waals surface area contributed by atoms with Gasteiger partial charge in [0.25, 0.3) is 0 Å². The maximum atomic E-state index is 12.6. The molecule has 0 saturated heterocycles. The molecule has 9 nitrogen and oxygen atoms in total. The van der Waals surface area contributed by atoms with Gasteiger partial charge in [-0.25, -0.2) is 18.1 Å². The van der Waals surface area contributed by atoms with E-state index in [1.807, 2.05) is 0 Å². The summed E-state index contributed by atoms with van der Waals surface area (Å²) in [6.07, 6.45) is 0.973. The molecule has 1 aromatic heterocycles. The Balaban J connectivity index is 0.00000364. The average molecular weight is 436 g/mol. The summed E-state index contributed by atoms with van der Waals surface area (Å²) in [4.78, 5) is 18.7. The third-order valence-corrected chi connectivity index (χ3v) is 5.34. The molecule has 1 heterocycles. The molecule has 0 atom stereocenters. The van der Waals surface area contributed by atoms with Gasteiger partial charge in [-0.3, -0.25) is 4.79 Å². The van der Waals surface area contributed by atoms with Crippen LogP contribution in [0.4, 0.5) is 5.82 Å². The number of benzene rings is 1. The number of nitrogens with one attached hydrogen (secondary N) is 1. The van der Waals surface area contributed by atoms with Gasteiger partial charge in [0.15, 0.2) is 11.8 Å². The van der Waals surface area contributed by atoms with Gasteiger partial charge in [0, 0.05) is 22.5 Å². The Hall–Kier alpha value is -2.14. The van der Waals surface area contributed by atoms with E-state index < -0.39 is 21.5 Å². The zero-order valence-electron chi connectivity index (χ0n) is 14.4. The highest BCUT2D eigenvalue weighted by molar-refractivity contribution is 7.89. The van der Waals surface area contributed by atoms with Crippen molar-refractivity contribution in [1.82, 2.24) is 9.71 Å². The zero-order chi connectivity index (χ0) is 19.7. The van der Waals surface area contributed by atoms with Crippen LogP contribution in [0, 0.1) is 0 Å². The van der Waals surface area contributed by atoms with Crippen LogP contribution in [-0.2, 0) is 14.8 Å². The van der Waals surface area contributed by atoms with Crippen LogP contribution in [0.5, 0.6) is 0 Å².